The van der Waals surface area contributed by atoms with Crippen molar-refractivity contribution >= 4 is 45.9 Å². The number of halogens is 1. The summed E-state index contributed by atoms with van der Waals surface area (Å²) < 4.78 is 13.3. The van der Waals surface area contributed by atoms with Gasteiger partial charge in [-0.15, -0.1) is 11.3 Å². The summed E-state index contributed by atoms with van der Waals surface area (Å²) in [6.07, 6.45) is 0.388. The van der Waals surface area contributed by atoms with Gasteiger partial charge in [0.15, 0.2) is 0 Å². The van der Waals surface area contributed by atoms with Gasteiger partial charge in [0.05, 0.1) is 29.4 Å². The Balaban J connectivity index is 2.06. The normalized spacial score (nSPS) is 11.3. The SMILES string of the molecule is CCC(C(=O)Nc1sc(C(=O)NCCNC(=O)CNC(=O)CN)c(C)c1C(=O)O)c1ccc(F)cc1. The van der Waals surface area contributed by atoms with E-state index in [-0.39, 0.29) is 47.2 Å². The Hall–Kier alpha value is -3.84. The van der Waals surface area contributed by atoms with Crippen LogP contribution in [0.4, 0.5) is 9.39 Å². The molecule has 1 aromatic carbocycles. The Labute approximate surface area is 210 Å². The zero-order valence-electron chi connectivity index (χ0n) is 19.8. The van der Waals surface area contributed by atoms with Crippen molar-refractivity contribution in [1.82, 2.24) is 16.0 Å². The van der Waals surface area contributed by atoms with Gasteiger partial charge < -0.3 is 32.1 Å². The van der Waals surface area contributed by atoms with Gasteiger partial charge >= 0.3 is 5.97 Å². The number of carbonyl (C=O) groups excluding carboxylic acids is 4. The molecule has 13 heteroatoms. The smallest absolute Gasteiger partial charge is 0.339 e. The molecule has 0 aliphatic heterocycles. The van der Waals surface area contributed by atoms with E-state index in [4.69, 9.17) is 5.73 Å². The van der Waals surface area contributed by atoms with Crippen LogP contribution in [0.3, 0.4) is 0 Å². The maximum atomic E-state index is 13.3. The van der Waals surface area contributed by atoms with E-state index < -0.39 is 41.3 Å². The fourth-order valence-corrected chi connectivity index (χ4v) is 4.43. The number of nitrogens with one attached hydrogen (secondary N) is 4. The Kier molecular flexibility index (Phi) is 10.5. The van der Waals surface area contributed by atoms with Gasteiger partial charge in [-0.3, -0.25) is 19.2 Å². The van der Waals surface area contributed by atoms with Crippen LogP contribution in [-0.2, 0) is 14.4 Å². The second-order valence-corrected chi connectivity index (χ2v) is 8.67. The van der Waals surface area contributed by atoms with Crippen molar-refractivity contribution in [2.75, 3.05) is 31.5 Å². The average Bonchev–Trinajstić information content (AvgIpc) is 3.17. The molecule has 0 bridgehead atoms. The first-order valence-electron chi connectivity index (χ1n) is 11.0. The second-order valence-electron chi connectivity index (χ2n) is 7.65. The molecule has 2 aromatic rings. The molecule has 0 saturated heterocycles. The lowest BCUT2D eigenvalue weighted by molar-refractivity contribution is -0.125. The van der Waals surface area contributed by atoms with Gasteiger partial charge in [-0.2, -0.15) is 0 Å². The average molecular weight is 522 g/mol. The minimum absolute atomic E-state index is 0.0136. The van der Waals surface area contributed by atoms with Crippen molar-refractivity contribution in [3.63, 3.8) is 0 Å². The molecule has 0 aliphatic carbocycles. The molecule has 0 saturated carbocycles. The molecule has 7 N–H and O–H groups in total. The largest absolute Gasteiger partial charge is 0.478 e. The van der Waals surface area contributed by atoms with E-state index in [1.165, 1.54) is 31.2 Å². The Morgan fingerprint density at radius 1 is 1.03 bits per heavy atom. The Bertz CT molecular complexity index is 1130. The van der Waals surface area contributed by atoms with Crippen LogP contribution in [0.15, 0.2) is 24.3 Å². The molecule has 194 valence electrons. The van der Waals surface area contributed by atoms with Crippen molar-refractivity contribution in [1.29, 1.82) is 0 Å². The molecule has 1 aromatic heterocycles. The molecule has 4 amide bonds. The number of carboxylic acids is 1. The molecule has 2 rings (SSSR count). The standard InChI is InChI=1S/C23H28FN5O6S/c1-3-15(13-4-6-14(24)7-5-13)20(32)29-22-18(23(34)35)12(2)19(36-22)21(33)27-9-8-26-17(31)11-28-16(30)10-25/h4-7,15H,3,8-11,25H2,1-2H3,(H,26,31)(H,27,33)(H,28,30)(H,29,32)(H,34,35). The monoisotopic (exact) mass is 521 g/mol. The number of benzene rings is 1. The number of amides is 4. The fourth-order valence-electron chi connectivity index (χ4n) is 3.31. The summed E-state index contributed by atoms with van der Waals surface area (Å²) in [7, 11) is 0. The quantitative estimate of drug-likeness (QED) is 0.225. The van der Waals surface area contributed by atoms with Crippen molar-refractivity contribution < 1.29 is 33.5 Å². The van der Waals surface area contributed by atoms with E-state index in [1.54, 1.807) is 6.92 Å². The van der Waals surface area contributed by atoms with Crippen molar-refractivity contribution in [2.24, 2.45) is 5.73 Å². The lowest BCUT2D eigenvalue weighted by atomic mass is 9.95. The van der Waals surface area contributed by atoms with Crippen molar-refractivity contribution in [2.45, 2.75) is 26.2 Å². The third-order valence-electron chi connectivity index (χ3n) is 5.16. The number of aromatic carboxylic acids is 1. The zero-order valence-corrected chi connectivity index (χ0v) is 20.6. The first-order valence-corrected chi connectivity index (χ1v) is 11.8. The summed E-state index contributed by atoms with van der Waals surface area (Å²) in [5.74, 6) is -4.40. The van der Waals surface area contributed by atoms with Crippen LogP contribution in [0, 0.1) is 12.7 Å². The Morgan fingerprint density at radius 2 is 1.67 bits per heavy atom. The predicted molar refractivity (Wildman–Crippen MR) is 131 cm³/mol. The number of anilines is 1. The molecule has 0 radical (unpaired) electrons. The summed E-state index contributed by atoms with van der Waals surface area (Å²) in [4.78, 5) is 60.3. The van der Waals surface area contributed by atoms with E-state index in [1.807, 2.05) is 0 Å². The molecule has 1 atom stereocenters. The van der Waals surface area contributed by atoms with Crippen LogP contribution in [-0.4, -0.2) is 60.9 Å². The van der Waals surface area contributed by atoms with Crippen molar-refractivity contribution in [3.8, 4) is 0 Å². The number of nitrogens with two attached hydrogens (primary N) is 1. The molecular weight excluding hydrogens is 493 g/mol. The van der Waals surface area contributed by atoms with Gasteiger partial charge in [-0.05, 0) is 36.6 Å². The van der Waals surface area contributed by atoms with Gasteiger partial charge in [-0.1, -0.05) is 19.1 Å². The third-order valence-corrected chi connectivity index (χ3v) is 6.37. The van der Waals surface area contributed by atoms with E-state index in [0.717, 1.165) is 11.3 Å². The van der Waals surface area contributed by atoms with E-state index >= 15 is 0 Å². The van der Waals surface area contributed by atoms with Crippen LogP contribution in [0.1, 0.15) is 50.4 Å². The van der Waals surface area contributed by atoms with Crippen molar-refractivity contribution in [3.05, 3.63) is 51.7 Å². The molecule has 0 aliphatic rings. The van der Waals surface area contributed by atoms with Crippen LogP contribution in [0.25, 0.3) is 0 Å². The highest BCUT2D eigenvalue weighted by molar-refractivity contribution is 7.18. The molecule has 36 heavy (non-hydrogen) atoms. The molecule has 0 fully saturated rings. The first-order chi connectivity index (χ1) is 17.1. The van der Waals surface area contributed by atoms with Crippen LogP contribution in [0.2, 0.25) is 0 Å². The lowest BCUT2D eigenvalue weighted by Crippen LogP contribution is -2.41. The third kappa shape index (κ3) is 7.58. The lowest BCUT2D eigenvalue weighted by Gasteiger charge is -2.15. The van der Waals surface area contributed by atoms with Gasteiger partial charge in [0.25, 0.3) is 5.91 Å². The summed E-state index contributed by atoms with van der Waals surface area (Å²) >= 11 is 0.823. The van der Waals surface area contributed by atoms with E-state index in [2.05, 4.69) is 21.3 Å². The molecule has 11 nitrogen and oxygen atoms in total. The van der Waals surface area contributed by atoms with Gasteiger partial charge in [0, 0.05) is 13.1 Å². The highest BCUT2D eigenvalue weighted by atomic mass is 32.1. The fraction of sp³-hybridized carbons (Fsp3) is 0.348. The maximum Gasteiger partial charge on any atom is 0.339 e. The van der Waals surface area contributed by atoms with Gasteiger partial charge in [-0.25, -0.2) is 9.18 Å². The topological polar surface area (TPSA) is 180 Å². The summed E-state index contributed by atoms with van der Waals surface area (Å²) in [6.45, 7) is 2.85. The summed E-state index contributed by atoms with van der Waals surface area (Å²) in [5.41, 5.74) is 5.69. The number of thiophene rings is 1. The highest BCUT2D eigenvalue weighted by Crippen LogP contribution is 2.34. The zero-order chi connectivity index (χ0) is 26.8. The van der Waals surface area contributed by atoms with Crippen LogP contribution < -0.4 is 27.0 Å². The summed E-state index contributed by atoms with van der Waals surface area (Å²) in [6, 6.07) is 5.46. The van der Waals surface area contributed by atoms with E-state index in [0.29, 0.717) is 12.0 Å². The maximum absolute atomic E-state index is 13.3. The van der Waals surface area contributed by atoms with Gasteiger partial charge in [0.2, 0.25) is 17.7 Å². The molecule has 1 heterocycles. The number of rotatable bonds is 12. The Morgan fingerprint density at radius 3 is 2.25 bits per heavy atom. The first kappa shape index (κ1) is 28.4. The van der Waals surface area contributed by atoms with Crippen LogP contribution >= 0.6 is 11.3 Å². The number of carbonyl (C=O) groups is 5. The number of carboxylic acid groups (broad SMARTS) is 1. The highest BCUT2D eigenvalue weighted by Gasteiger charge is 2.27. The minimum Gasteiger partial charge on any atom is -0.478 e. The molecule has 0 spiro atoms. The molecule has 1 unspecified atom stereocenters. The minimum atomic E-state index is -1.31. The predicted octanol–water partition coefficient (Wildman–Crippen LogP) is 0.947. The van der Waals surface area contributed by atoms with E-state index in [9.17, 15) is 33.5 Å². The molecular formula is C23H28FN5O6S. The summed E-state index contributed by atoms with van der Waals surface area (Å²) in [5, 5.41) is 19.7. The van der Waals surface area contributed by atoms with Crippen LogP contribution in [0.5, 0.6) is 0 Å². The number of hydrogen-bond acceptors (Lipinski definition) is 7. The van der Waals surface area contributed by atoms with Gasteiger partial charge in [0.1, 0.15) is 10.8 Å². The number of hydrogen-bond donors (Lipinski definition) is 6. The second kappa shape index (κ2) is 13.3.